The Kier molecular flexibility index (Phi) is 48.2. The lowest BCUT2D eigenvalue weighted by atomic mass is 9.88. The number of amides is 3. The molecule has 5 saturated heterocycles. The molecule has 3 amide bonds. The Morgan fingerprint density at radius 3 is 1.34 bits per heavy atom. The molecule has 10 unspecified atom stereocenters. The number of carboxylic acids is 1. The van der Waals surface area contributed by atoms with Crippen molar-refractivity contribution in [3.05, 3.63) is 24.3 Å². The van der Waals surface area contributed by atoms with Crippen LogP contribution in [-0.2, 0) is 66.5 Å². The quantitative estimate of drug-likeness (QED) is 0.0299. The summed E-state index contributed by atoms with van der Waals surface area (Å²) in [5, 5.41) is 197. The fourth-order valence-corrected chi connectivity index (χ4v) is 15.1. The lowest BCUT2D eigenvalue weighted by Gasteiger charge is -2.51. The summed E-state index contributed by atoms with van der Waals surface area (Å²) in [6, 6.07) is -4.66. The number of carbonyl (C=O) groups excluding carboxylic acids is 3. The van der Waals surface area contributed by atoms with Gasteiger partial charge in [0.25, 0.3) is 5.79 Å². The highest BCUT2D eigenvalue weighted by Gasteiger charge is 2.61. The van der Waals surface area contributed by atoms with E-state index in [9.17, 15) is 106 Å². The number of carbonyl (C=O) groups is 4. The summed E-state index contributed by atoms with van der Waals surface area (Å²) < 4.78 is 59.1. The average Bonchev–Trinajstić information content (AvgIpc) is 0.756. The number of aliphatic hydroxyl groups is 16. The molecule has 0 bridgehead atoms. The highest BCUT2D eigenvalue weighted by molar-refractivity contribution is 5.77. The molecule has 28 atom stereocenters. The second-order valence-corrected chi connectivity index (χ2v) is 31.0. The molecule has 0 aromatic rings. The molecule has 658 valence electrons. The molecule has 0 saturated carbocycles. The van der Waals surface area contributed by atoms with Crippen LogP contribution in [-0.4, -0.2) is 321 Å². The van der Waals surface area contributed by atoms with Gasteiger partial charge in [0.1, 0.15) is 116 Å². The Bertz CT molecular complexity index is 2660. The van der Waals surface area contributed by atoms with Crippen LogP contribution in [0.5, 0.6) is 0 Å². The molecule has 5 heterocycles. The molecule has 5 fully saturated rings. The number of aliphatic carboxylic acids is 1. The summed E-state index contributed by atoms with van der Waals surface area (Å²) in [6.07, 6.45) is -5.71. The number of aliphatic hydroxyl groups excluding tert-OH is 16. The Labute approximate surface area is 665 Å². The fourth-order valence-electron chi connectivity index (χ4n) is 15.1. The zero-order valence-electron chi connectivity index (χ0n) is 66.8. The molecule has 113 heavy (non-hydrogen) atoms. The highest BCUT2D eigenvalue weighted by Crippen LogP contribution is 2.40. The van der Waals surface area contributed by atoms with E-state index < -0.39 is 235 Å². The van der Waals surface area contributed by atoms with Crippen LogP contribution in [0, 0.1) is 0 Å². The minimum absolute atomic E-state index is 0.164. The number of hydrogen-bond donors (Lipinski definition) is 20. The van der Waals surface area contributed by atoms with E-state index >= 15 is 0 Å². The van der Waals surface area contributed by atoms with Crippen LogP contribution in [0.25, 0.3) is 0 Å². The van der Waals surface area contributed by atoms with Crippen molar-refractivity contribution in [2.24, 2.45) is 0 Å². The SMILES string of the molecule is CCCCCCCC/C=C\CCCCCCCCCCCCCC(=O)N[C@@H](CO[C@@H]1OC(CO)[C@@H](O[C@@H]2OC(CO)[C@H](O)[C@H](O[C@@H]3OC(CO)[C@@H](O)[C@H](O[C@@H]4OC(CO)[C@H](O)[C@H](O[C@]5(C(=O)O)CC(O)[C@@H](NC(C)=O)C([C@H](O)[C@H](O)CO)O5)C4O)C3NC(C)=O)C2O)[C@H](O)C1O)[C@H](O)/C=C/CCCCCCCCCCCCC. The third-order valence-corrected chi connectivity index (χ3v) is 21.7. The number of hydrogen-bond acceptors (Lipinski definition) is 30. The second kappa shape index (κ2) is 54.5. The molecule has 0 aromatic carbocycles. The lowest BCUT2D eigenvalue weighted by molar-refractivity contribution is -0.389. The third kappa shape index (κ3) is 32.4. The zero-order valence-corrected chi connectivity index (χ0v) is 66.8. The first kappa shape index (κ1) is 99.9. The number of unbranched alkanes of at least 4 members (excludes halogenated alkanes) is 28. The Morgan fingerprint density at radius 1 is 0.460 bits per heavy atom. The van der Waals surface area contributed by atoms with Crippen LogP contribution in [0.2, 0.25) is 0 Å². The first-order valence-corrected chi connectivity index (χ1v) is 41.7. The summed E-state index contributed by atoms with van der Waals surface area (Å²) in [7, 11) is 0. The topological polar surface area (TPSA) is 541 Å². The zero-order chi connectivity index (χ0) is 83.0. The van der Waals surface area contributed by atoms with Gasteiger partial charge in [-0.15, -0.1) is 0 Å². The Balaban J connectivity index is 1.24. The smallest absolute Gasteiger partial charge is 0.364 e. The number of ether oxygens (including phenoxy) is 10. The summed E-state index contributed by atoms with van der Waals surface area (Å²) in [4.78, 5) is 52.1. The average molecular weight is 1630 g/mol. The second-order valence-electron chi connectivity index (χ2n) is 31.0. The molecule has 5 rings (SSSR count). The van der Waals surface area contributed by atoms with Crippen molar-refractivity contribution in [2.75, 3.05) is 39.6 Å². The minimum Gasteiger partial charge on any atom is -0.477 e. The van der Waals surface area contributed by atoms with E-state index in [1.807, 2.05) is 6.08 Å². The van der Waals surface area contributed by atoms with Gasteiger partial charge in [0, 0.05) is 26.7 Å². The molecule has 0 radical (unpaired) electrons. The van der Waals surface area contributed by atoms with E-state index in [0.29, 0.717) is 12.8 Å². The first-order valence-electron chi connectivity index (χ1n) is 41.7. The number of carboxylic acid groups (broad SMARTS) is 1. The standard InChI is InChI=1S/C79H141N3O31/c1-5-7-9-11-13-15-17-19-20-21-22-23-24-25-26-28-30-32-34-36-38-40-58(93)82-50(51(90)39-37-35-33-31-29-27-18-16-14-12-10-8-6-2)47-104-75-66(99)65(98)69(57(46-87)108-75)109-76-67(100)72(63(96)55(44-85)106-76)111-74-60(81-49(4)89)70(62(95)54(43-84)105-74)110-77-68(101)73(64(97)56(45-86)107-77)113-79(78(102)103)41-52(91)59(80-48(3)88)71(112-79)61(94)53(92)42-83/h19-20,37,39,50-57,59-77,83-87,90-92,94-101H,5-18,21-36,38,40-47H2,1-4H3,(H,80,88)(H,81,89)(H,82,93)(H,102,103)/b20-19-,39-37+/t50-,51+,52?,53+,54?,55?,56?,57?,59+,60?,61+,62+,63-,64-,65+,66?,67?,68?,69+,70+,71?,72-,73-,74-,75+,76-,77-,79-/m0/s1. The fraction of sp³-hybridized carbons (Fsp3) is 0.899. The monoisotopic (exact) mass is 1630 g/mol. The van der Waals surface area contributed by atoms with Crippen molar-refractivity contribution >= 4 is 23.7 Å². The van der Waals surface area contributed by atoms with Gasteiger partial charge in [0.2, 0.25) is 17.7 Å². The van der Waals surface area contributed by atoms with Gasteiger partial charge in [-0.3, -0.25) is 14.4 Å². The molecule has 20 N–H and O–H groups in total. The van der Waals surface area contributed by atoms with E-state index in [4.69, 9.17) is 47.4 Å². The van der Waals surface area contributed by atoms with E-state index in [0.717, 1.165) is 71.6 Å². The van der Waals surface area contributed by atoms with Gasteiger partial charge in [0.05, 0.1) is 63.9 Å². The van der Waals surface area contributed by atoms with Crippen molar-refractivity contribution in [2.45, 2.75) is 411 Å². The normalized spacial score (nSPS) is 33.5. The van der Waals surface area contributed by atoms with Crippen molar-refractivity contribution in [3.8, 4) is 0 Å². The number of allylic oxidation sites excluding steroid dienone is 3. The van der Waals surface area contributed by atoms with Gasteiger partial charge in [0.15, 0.2) is 25.2 Å². The van der Waals surface area contributed by atoms with Crippen molar-refractivity contribution in [3.63, 3.8) is 0 Å². The van der Waals surface area contributed by atoms with Crippen molar-refractivity contribution < 1.29 is 153 Å². The van der Waals surface area contributed by atoms with Crippen LogP contribution >= 0.6 is 0 Å². The summed E-state index contributed by atoms with van der Waals surface area (Å²) in [5.41, 5.74) is 0. The van der Waals surface area contributed by atoms with E-state index in [2.05, 4.69) is 41.9 Å². The summed E-state index contributed by atoms with van der Waals surface area (Å²) >= 11 is 0. The predicted octanol–water partition coefficient (Wildman–Crippen LogP) is 1.07. The van der Waals surface area contributed by atoms with Crippen molar-refractivity contribution in [1.82, 2.24) is 16.0 Å². The van der Waals surface area contributed by atoms with Crippen LogP contribution in [0.4, 0.5) is 0 Å². The molecule has 0 spiro atoms. The Morgan fingerprint density at radius 2 is 0.867 bits per heavy atom. The largest absolute Gasteiger partial charge is 0.477 e. The number of rotatable bonds is 57. The van der Waals surface area contributed by atoms with Crippen LogP contribution in [0.3, 0.4) is 0 Å². The molecule has 34 heteroatoms. The maximum atomic E-state index is 13.6. The van der Waals surface area contributed by atoms with E-state index in [-0.39, 0.29) is 12.3 Å². The predicted molar refractivity (Wildman–Crippen MR) is 406 cm³/mol. The van der Waals surface area contributed by atoms with Gasteiger partial charge in [-0.1, -0.05) is 192 Å². The molecule has 34 nitrogen and oxygen atoms in total. The van der Waals surface area contributed by atoms with E-state index in [1.54, 1.807) is 6.08 Å². The van der Waals surface area contributed by atoms with Gasteiger partial charge in [-0.25, -0.2) is 4.79 Å². The maximum absolute atomic E-state index is 13.6. The molecular formula is C79H141N3O31. The van der Waals surface area contributed by atoms with Gasteiger partial charge >= 0.3 is 5.97 Å². The number of nitrogens with one attached hydrogen (secondary N) is 3. The van der Waals surface area contributed by atoms with Gasteiger partial charge in [-0.2, -0.15) is 0 Å². The van der Waals surface area contributed by atoms with E-state index in [1.165, 1.54) is 128 Å². The molecular weight excluding hydrogens is 1490 g/mol. The van der Waals surface area contributed by atoms with Gasteiger partial charge < -0.3 is 150 Å². The van der Waals surface area contributed by atoms with Gasteiger partial charge in [-0.05, 0) is 44.9 Å². The molecule has 5 aliphatic heterocycles. The summed E-state index contributed by atoms with van der Waals surface area (Å²) in [6.45, 7) is 0.601. The maximum Gasteiger partial charge on any atom is 0.364 e. The van der Waals surface area contributed by atoms with Crippen LogP contribution < -0.4 is 16.0 Å². The molecule has 0 aliphatic carbocycles. The molecule has 5 aliphatic rings. The van der Waals surface area contributed by atoms with Crippen LogP contribution in [0.1, 0.15) is 240 Å². The van der Waals surface area contributed by atoms with Crippen LogP contribution in [0.15, 0.2) is 24.3 Å². The highest BCUT2D eigenvalue weighted by atomic mass is 16.8. The Hall–Kier alpha value is -3.68. The minimum atomic E-state index is -3.22. The molecule has 0 aromatic heterocycles. The summed E-state index contributed by atoms with van der Waals surface area (Å²) in [5.74, 6) is -7.40. The lowest BCUT2D eigenvalue weighted by Crippen LogP contribution is -2.71. The van der Waals surface area contributed by atoms with Crippen molar-refractivity contribution in [1.29, 1.82) is 0 Å². The third-order valence-electron chi connectivity index (χ3n) is 21.7. The first-order chi connectivity index (χ1) is 54.3.